The Hall–Kier alpha value is -2.15. The molecule has 0 saturated heterocycles. The largest absolute Gasteiger partial charge is 0.462 e. The van der Waals surface area contributed by atoms with Gasteiger partial charge in [0, 0.05) is 25.8 Å². The van der Waals surface area contributed by atoms with Crippen molar-refractivity contribution in [1.29, 1.82) is 0 Å². The maximum Gasteiger partial charge on any atom is 0.306 e. The number of nitrogens with zero attached hydrogens (tertiary/aromatic N) is 1. The molecule has 7 heteroatoms. The predicted molar refractivity (Wildman–Crippen MR) is 184 cm³/mol. The number of rotatable bonds is 29. The Kier molecular flexibility index (Phi) is 25.5. The molecule has 0 aromatic rings. The van der Waals surface area contributed by atoms with Crippen molar-refractivity contribution in [2.45, 2.75) is 155 Å². The zero-order valence-corrected chi connectivity index (χ0v) is 29.4. The first-order valence-corrected chi connectivity index (χ1v) is 18.3. The SMILES string of the molecule is CCCCCC/C=C\COC(=O)CCCCC(CCCCC(=O)OC/C=C\CCCCCC)OC(=O)CC1CC(CN(C)C)C1. The van der Waals surface area contributed by atoms with E-state index in [1.807, 2.05) is 12.2 Å². The van der Waals surface area contributed by atoms with E-state index in [-0.39, 0.29) is 24.0 Å². The first-order valence-electron chi connectivity index (χ1n) is 18.3. The van der Waals surface area contributed by atoms with Crippen LogP contribution in [0.5, 0.6) is 0 Å². The van der Waals surface area contributed by atoms with Gasteiger partial charge in [0.15, 0.2) is 0 Å². The minimum absolute atomic E-state index is 0.116. The molecule has 1 aliphatic carbocycles. The third-order valence-electron chi connectivity index (χ3n) is 8.49. The highest BCUT2D eigenvalue weighted by Gasteiger charge is 2.31. The molecule has 260 valence electrons. The lowest BCUT2D eigenvalue weighted by molar-refractivity contribution is -0.152. The molecule has 0 heterocycles. The molecule has 0 atom stereocenters. The van der Waals surface area contributed by atoms with Crippen LogP contribution >= 0.6 is 0 Å². The molecule has 0 unspecified atom stereocenters. The molecular formula is C38H67NO6. The van der Waals surface area contributed by atoms with Crippen LogP contribution in [0.25, 0.3) is 0 Å². The Bertz CT molecular complexity index is 771. The van der Waals surface area contributed by atoms with Crippen molar-refractivity contribution in [3.63, 3.8) is 0 Å². The summed E-state index contributed by atoms with van der Waals surface area (Å²) in [5.41, 5.74) is 0. The Balaban J connectivity index is 2.33. The smallest absolute Gasteiger partial charge is 0.306 e. The second-order valence-electron chi connectivity index (χ2n) is 13.3. The summed E-state index contributed by atoms with van der Waals surface area (Å²) in [6.07, 6.45) is 27.7. The molecule has 0 aromatic heterocycles. The Morgan fingerprint density at radius 3 is 1.62 bits per heavy atom. The zero-order valence-electron chi connectivity index (χ0n) is 29.4. The summed E-state index contributed by atoms with van der Waals surface area (Å²) in [6.45, 7) is 6.15. The molecule has 0 spiro atoms. The van der Waals surface area contributed by atoms with E-state index in [2.05, 4.69) is 45.0 Å². The third-order valence-corrected chi connectivity index (χ3v) is 8.49. The van der Waals surface area contributed by atoms with Gasteiger partial charge < -0.3 is 19.1 Å². The lowest BCUT2D eigenvalue weighted by atomic mass is 9.73. The average Bonchev–Trinajstić information content (AvgIpc) is 2.98. The number of carbonyl (C=O) groups is 3. The molecule has 1 saturated carbocycles. The Morgan fingerprint density at radius 2 is 1.16 bits per heavy atom. The van der Waals surface area contributed by atoms with Crippen molar-refractivity contribution >= 4 is 17.9 Å². The number of hydrogen-bond acceptors (Lipinski definition) is 7. The van der Waals surface area contributed by atoms with E-state index in [1.54, 1.807) is 0 Å². The zero-order chi connectivity index (χ0) is 33.0. The van der Waals surface area contributed by atoms with Crippen molar-refractivity contribution in [3.05, 3.63) is 24.3 Å². The van der Waals surface area contributed by atoms with E-state index in [1.165, 1.54) is 51.4 Å². The van der Waals surface area contributed by atoms with Gasteiger partial charge in [0.2, 0.25) is 0 Å². The quantitative estimate of drug-likeness (QED) is 0.0352. The van der Waals surface area contributed by atoms with E-state index >= 15 is 0 Å². The van der Waals surface area contributed by atoms with Crippen molar-refractivity contribution in [1.82, 2.24) is 4.90 Å². The van der Waals surface area contributed by atoms with Gasteiger partial charge in [-0.3, -0.25) is 14.4 Å². The van der Waals surface area contributed by atoms with Crippen LogP contribution in [-0.4, -0.2) is 62.8 Å². The summed E-state index contributed by atoms with van der Waals surface area (Å²) in [5, 5.41) is 0. The Morgan fingerprint density at radius 1 is 0.644 bits per heavy atom. The van der Waals surface area contributed by atoms with Gasteiger partial charge in [0.25, 0.3) is 0 Å². The fourth-order valence-electron chi connectivity index (χ4n) is 5.90. The van der Waals surface area contributed by atoms with E-state index in [0.29, 0.717) is 57.2 Å². The van der Waals surface area contributed by atoms with Gasteiger partial charge >= 0.3 is 17.9 Å². The standard InChI is InChI=1S/C38H67NO6/c1-5-7-9-11-13-15-21-27-43-36(40)25-19-17-23-35(45-38(42)31-33-29-34(30-33)32-39(3)4)24-18-20-26-37(41)44-28-22-16-14-12-10-8-6-2/h15-16,21-22,33-35H,5-14,17-20,23-32H2,1-4H3/b21-15-,22-16-. The highest BCUT2D eigenvalue weighted by Crippen LogP contribution is 2.36. The molecule has 0 amide bonds. The predicted octanol–water partition coefficient (Wildman–Crippen LogP) is 9.14. The van der Waals surface area contributed by atoms with Gasteiger partial charge in [0.05, 0.1) is 0 Å². The molecular weight excluding hydrogens is 566 g/mol. The van der Waals surface area contributed by atoms with Gasteiger partial charge in [-0.25, -0.2) is 0 Å². The highest BCUT2D eigenvalue weighted by molar-refractivity contribution is 5.70. The molecule has 1 aliphatic rings. The van der Waals surface area contributed by atoms with Crippen LogP contribution in [0, 0.1) is 11.8 Å². The minimum Gasteiger partial charge on any atom is -0.462 e. The van der Waals surface area contributed by atoms with Crippen LogP contribution < -0.4 is 0 Å². The molecule has 0 aromatic carbocycles. The number of allylic oxidation sites excluding steroid dienone is 2. The molecule has 7 nitrogen and oxygen atoms in total. The topological polar surface area (TPSA) is 82.1 Å². The average molecular weight is 634 g/mol. The van der Waals surface area contributed by atoms with Crippen LogP contribution in [0.2, 0.25) is 0 Å². The number of esters is 3. The normalized spacial score (nSPS) is 16.5. The van der Waals surface area contributed by atoms with E-state index in [0.717, 1.165) is 57.9 Å². The van der Waals surface area contributed by atoms with Crippen LogP contribution in [0.1, 0.15) is 149 Å². The lowest BCUT2D eigenvalue weighted by Crippen LogP contribution is -2.34. The summed E-state index contributed by atoms with van der Waals surface area (Å²) < 4.78 is 16.6. The maximum atomic E-state index is 12.8. The number of hydrogen-bond donors (Lipinski definition) is 0. The fraction of sp³-hybridized carbons (Fsp3) is 0.816. The van der Waals surface area contributed by atoms with Crippen molar-refractivity contribution in [2.75, 3.05) is 33.9 Å². The Labute approximate surface area is 275 Å². The number of carbonyl (C=O) groups excluding carboxylic acids is 3. The highest BCUT2D eigenvalue weighted by atomic mass is 16.5. The van der Waals surface area contributed by atoms with Gasteiger partial charge in [-0.15, -0.1) is 0 Å². The molecule has 0 radical (unpaired) electrons. The van der Waals surface area contributed by atoms with Crippen molar-refractivity contribution in [2.24, 2.45) is 11.8 Å². The summed E-state index contributed by atoms with van der Waals surface area (Å²) in [5.74, 6) is 0.622. The van der Waals surface area contributed by atoms with Gasteiger partial charge in [0.1, 0.15) is 19.3 Å². The van der Waals surface area contributed by atoms with Crippen molar-refractivity contribution in [3.8, 4) is 0 Å². The monoisotopic (exact) mass is 633 g/mol. The maximum absolute atomic E-state index is 12.8. The fourth-order valence-corrected chi connectivity index (χ4v) is 5.90. The summed E-state index contributed by atoms with van der Waals surface area (Å²) in [7, 11) is 4.18. The summed E-state index contributed by atoms with van der Waals surface area (Å²) >= 11 is 0. The summed E-state index contributed by atoms with van der Waals surface area (Å²) in [6, 6.07) is 0. The van der Waals surface area contributed by atoms with Crippen LogP contribution in [0.3, 0.4) is 0 Å². The van der Waals surface area contributed by atoms with E-state index in [9.17, 15) is 14.4 Å². The molecule has 45 heavy (non-hydrogen) atoms. The lowest BCUT2D eigenvalue weighted by Gasteiger charge is -2.36. The van der Waals surface area contributed by atoms with Crippen LogP contribution in [0.4, 0.5) is 0 Å². The van der Waals surface area contributed by atoms with Crippen molar-refractivity contribution < 1.29 is 28.6 Å². The molecule has 0 N–H and O–H groups in total. The van der Waals surface area contributed by atoms with E-state index in [4.69, 9.17) is 14.2 Å². The van der Waals surface area contributed by atoms with Gasteiger partial charge in [-0.2, -0.15) is 0 Å². The van der Waals surface area contributed by atoms with Crippen LogP contribution in [-0.2, 0) is 28.6 Å². The first kappa shape index (κ1) is 40.9. The van der Waals surface area contributed by atoms with Gasteiger partial charge in [-0.05, 0) is 103 Å². The van der Waals surface area contributed by atoms with Crippen LogP contribution in [0.15, 0.2) is 24.3 Å². The number of unbranched alkanes of at least 4 members (excludes halogenated alkanes) is 10. The van der Waals surface area contributed by atoms with E-state index < -0.39 is 0 Å². The molecule has 1 rings (SSSR count). The number of ether oxygens (including phenoxy) is 3. The summed E-state index contributed by atoms with van der Waals surface area (Å²) in [4.78, 5) is 39.3. The third kappa shape index (κ3) is 24.7. The molecule has 0 bridgehead atoms. The minimum atomic E-state index is -0.187. The second-order valence-corrected chi connectivity index (χ2v) is 13.3. The molecule has 0 aliphatic heterocycles. The molecule has 1 fully saturated rings. The first-order chi connectivity index (χ1) is 21.8. The second kappa shape index (κ2) is 28.1. The van der Waals surface area contributed by atoms with Gasteiger partial charge in [-0.1, -0.05) is 76.7 Å².